The van der Waals surface area contributed by atoms with Crippen molar-refractivity contribution in [3.63, 3.8) is 0 Å². The SMILES string of the molecule is NC(=NC1CCCC1(F)F)C1CC1. The zero-order chi connectivity index (χ0) is 9.47. The number of hydrogen-bond acceptors (Lipinski definition) is 1. The van der Waals surface area contributed by atoms with Crippen LogP contribution in [0.15, 0.2) is 4.99 Å². The Balaban J connectivity index is 2.03. The van der Waals surface area contributed by atoms with Crippen LogP contribution in [0.4, 0.5) is 8.78 Å². The predicted molar refractivity (Wildman–Crippen MR) is 46.9 cm³/mol. The van der Waals surface area contributed by atoms with Crippen LogP contribution in [0.2, 0.25) is 0 Å². The van der Waals surface area contributed by atoms with Gasteiger partial charge < -0.3 is 5.73 Å². The number of amidine groups is 1. The van der Waals surface area contributed by atoms with Gasteiger partial charge in [-0.2, -0.15) is 0 Å². The summed E-state index contributed by atoms with van der Waals surface area (Å²) in [6.45, 7) is 0. The number of aliphatic imine (C=N–C) groups is 1. The molecule has 0 radical (unpaired) electrons. The summed E-state index contributed by atoms with van der Waals surface area (Å²) < 4.78 is 26.2. The van der Waals surface area contributed by atoms with Gasteiger partial charge in [0.25, 0.3) is 5.92 Å². The van der Waals surface area contributed by atoms with Crippen LogP contribution in [0.5, 0.6) is 0 Å². The lowest BCUT2D eigenvalue weighted by molar-refractivity contribution is -0.00578. The van der Waals surface area contributed by atoms with Gasteiger partial charge in [-0.05, 0) is 25.7 Å². The zero-order valence-electron chi connectivity index (χ0n) is 7.47. The molecule has 4 heteroatoms. The summed E-state index contributed by atoms with van der Waals surface area (Å²) in [7, 11) is 0. The van der Waals surface area contributed by atoms with Crippen molar-refractivity contribution in [3.8, 4) is 0 Å². The van der Waals surface area contributed by atoms with E-state index in [1.807, 2.05) is 0 Å². The molecule has 0 bridgehead atoms. The molecular formula is C9H14F2N2. The topological polar surface area (TPSA) is 38.4 Å². The molecule has 2 aliphatic carbocycles. The minimum absolute atomic E-state index is 0.0287. The van der Waals surface area contributed by atoms with Crippen molar-refractivity contribution in [2.75, 3.05) is 0 Å². The lowest BCUT2D eigenvalue weighted by Gasteiger charge is -2.15. The van der Waals surface area contributed by atoms with E-state index in [1.54, 1.807) is 0 Å². The molecule has 0 saturated heterocycles. The van der Waals surface area contributed by atoms with Crippen molar-refractivity contribution in [1.82, 2.24) is 0 Å². The van der Waals surface area contributed by atoms with Gasteiger partial charge in [-0.15, -0.1) is 0 Å². The van der Waals surface area contributed by atoms with Gasteiger partial charge in [0.15, 0.2) is 0 Å². The van der Waals surface area contributed by atoms with Crippen molar-refractivity contribution >= 4 is 5.84 Å². The fourth-order valence-electron chi connectivity index (χ4n) is 1.73. The standard InChI is InChI=1S/C9H14F2N2/c10-9(11)5-1-2-7(9)13-8(12)6-3-4-6/h6-7H,1-5H2,(H2,12,13). The number of nitrogens with two attached hydrogens (primary N) is 1. The molecule has 2 aliphatic rings. The highest BCUT2D eigenvalue weighted by Gasteiger charge is 2.44. The van der Waals surface area contributed by atoms with Crippen LogP contribution in [-0.4, -0.2) is 17.8 Å². The van der Waals surface area contributed by atoms with E-state index in [4.69, 9.17) is 5.73 Å². The van der Waals surface area contributed by atoms with Gasteiger partial charge in [0.05, 0.1) is 5.84 Å². The van der Waals surface area contributed by atoms with Crippen molar-refractivity contribution in [3.05, 3.63) is 0 Å². The van der Waals surface area contributed by atoms with E-state index in [0.29, 0.717) is 24.6 Å². The maximum Gasteiger partial charge on any atom is 0.270 e. The molecular weight excluding hydrogens is 174 g/mol. The molecule has 74 valence electrons. The smallest absolute Gasteiger partial charge is 0.270 e. The van der Waals surface area contributed by atoms with Gasteiger partial charge in [0.2, 0.25) is 0 Å². The first-order valence-corrected chi connectivity index (χ1v) is 4.80. The van der Waals surface area contributed by atoms with E-state index in [1.165, 1.54) is 0 Å². The molecule has 2 rings (SSSR count). The normalized spacial score (nSPS) is 33.7. The van der Waals surface area contributed by atoms with E-state index in [0.717, 1.165) is 12.8 Å². The summed E-state index contributed by atoms with van der Waals surface area (Å²) in [5.41, 5.74) is 5.60. The maximum atomic E-state index is 13.1. The molecule has 0 amide bonds. The van der Waals surface area contributed by atoms with Gasteiger partial charge in [-0.3, -0.25) is 4.99 Å². The van der Waals surface area contributed by atoms with E-state index >= 15 is 0 Å². The highest BCUT2D eigenvalue weighted by molar-refractivity contribution is 5.85. The number of halogens is 2. The van der Waals surface area contributed by atoms with Gasteiger partial charge in [-0.25, -0.2) is 8.78 Å². The Morgan fingerprint density at radius 3 is 2.46 bits per heavy atom. The number of hydrogen-bond donors (Lipinski definition) is 1. The first kappa shape index (κ1) is 8.91. The van der Waals surface area contributed by atoms with Crippen LogP contribution < -0.4 is 5.73 Å². The van der Waals surface area contributed by atoms with Crippen molar-refractivity contribution in [1.29, 1.82) is 0 Å². The molecule has 2 nitrogen and oxygen atoms in total. The maximum absolute atomic E-state index is 13.1. The van der Waals surface area contributed by atoms with Crippen LogP contribution in [0, 0.1) is 5.92 Å². The fraction of sp³-hybridized carbons (Fsp3) is 0.889. The monoisotopic (exact) mass is 188 g/mol. The van der Waals surface area contributed by atoms with Crippen LogP contribution >= 0.6 is 0 Å². The second kappa shape index (κ2) is 2.93. The summed E-state index contributed by atoms with van der Waals surface area (Å²) in [5.74, 6) is -1.86. The average molecular weight is 188 g/mol. The van der Waals surface area contributed by atoms with E-state index in [-0.39, 0.29) is 6.42 Å². The summed E-state index contributed by atoms with van der Waals surface area (Å²) in [6, 6.07) is -0.840. The quantitative estimate of drug-likeness (QED) is 0.522. The Bertz CT molecular complexity index is 234. The second-order valence-corrected chi connectivity index (χ2v) is 4.00. The average Bonchev–Trinajstić information content (AvgIpc) is 2.80. The molecule has 0 aromatic heterocycles. The largest absolute Gasteiger partial charge is 0.387 e. The van der Waals surface area contributed by atoms with Crippen LogP contribution in [0.1, 0.15) is 32.1 Å². The van der Waals surface area contributed by atoms with E-state index in [2.05, 4.69) is 4.99 Å². The van der Waals surface area contributed by atoms with Crippen molar-refractivity contribution in [2.24, 2.45) is 16.6 Å². The number of alkyl halides is 2. The molecule has 0 aromatic rings. The number of nitrogens with zero attached hydrogens (tertiary/aromatic N) is 1. The second-order valence-electron chi connectivity index (χ2n) is 4.00. The molecule has 1 unspecified atom stereocenters. The number of rotatable bonds is 2. The van der Waals surface area contributed by atoms with Gasteiger partial charge in [0, 0.05) is 12.3 Å². The van der Waals surface area contributed by atoms with E-state index < -0.39 is 12.0 Å². The lowest BCUT2D eigenvalue weighted by atomic mass is 10.2. The van der Waals surface area contributed by atoms with E-state index in [9.17, 15) is 8.78 Å². The van der Waals surface area contributed by atoms with Crippen LogP contribution in [-0.2, 0) is 0 Å². The molecule has 2 fully saturated rings. The molecule has 0 aromatic carbocycles. The summed E-state index contributed by atoms with van der Waals surface area (Å²) >= 11 is 0. The molecule has 0 heterocycles. The van der Waals surface area contributed by atoms with Crippen molar-refractivity contribution in [2.45, 2.75) is 44.1 Å². The molecule has 0 spiro atoms. The Morgan fingerprint density at radius 1 is 1.31 bits per heavy atom. The molecule has 13 heavy (non-hydrogen) atoms. The fourth-order valence-corrected chi connectivity index (χ4v) is 1.73. The first-order chi connectivity index (χ1) is 6.09. The minimum atomic E-state index is -2.61. The summed E-state index contributed by atoms with van der Waals surface area (Å²) in [5, 5.41) is 0. The summed E-state index contributed by atoms with van der Waals surface area (Å²) in [6.07, 6.45) is 3.07. The predicted octanol–water partition coefficient (Wildman–Crippen LogP) is 1.94. The Labute approximate surface area is 76.2 Å². The third kappa shape index (κ3) is 1.81. The summed E-state index contributed by atoms with van der Waals surface area (Å²) in [4.78, 5) is 3.94. The van der Waals surface area contributed by atoms with Gasteiger partial charge in [0.1, 0.15) is 6.04 Å². The van der Waals surface area contributed by atoms with Crippen LogP contribution in [0.25, 0.3) is 0 Å². The molecule has 1 atom stereocenters. The highest BCUT2D eigenvalue weighted by Crippen LogP contribution is 2.38. The minimum Gasteiger partial charge on any atom is -0.387 e. The molecule has 2 saturated carbocycles. The highest BCUT2D eigenvalue weighted by atomic mass is 19.3. The Kier molecular flexibility index (Phi) is 2.00. The molecule has 2 N–H and O–H groups in total. The van der Waals surface area contributed by atoms with Crippen molar-refractivity contribution < 1.29 is 8.78 Å². The third-order valence-corrected chi connectivity index (χ3v) is 2.78. The molecule has 0 aliphatic heterocycles. The van der Waals surface area contributed by atoms with Crippen LogP contribution in [0.3, 0.4) is 0 Å². The van der Waals surface area contributed by atoms with Gasteiger partial charge in [-0.1, -0.05) is 0 Å². The zero-order valence-corrected chi connectivity index (χ0v) is 7.47. The first-order valence-electron chi connectivity index (χ1n) is 4.80. The van der Waals surface area contributed by atoms with Gasteiger partial charge >= 0.3 is 0 Å². The Morgan fingerprint density at radius 2 is 2.00 bits per heavy atom. The Hall–Kier alpha value is -0.670. The lowest BCUT2D eigenvalue weighted by Crippen LogP contribution is -2.29. The third-order valence-electron chi connectivity index (χ3n) is 2.78.